The van der Waals surface area contributed by atoms with Crippen molar-refractivity contribution in [2.75, 3.05) is 14.2 Å². The van der Waals surface area contributed by atoms with Crippen molar-refractivity contribution in [3.05, 3.63) is 59.2 Å². The summed E-state index contributed by atoms with van der Waals surface area (Å²) >= 11 is 0. The second-order valence-electron chi connectivity index (χ2n) is 7.45. The van der Waals surface area contributed by atoms with Crippen molar-refractivity contribution in [2.45, 2.75) is 39.5 Å². The number of carbonyl (C=O) groups excluding carboxylic acids is 1. The molecule has 0 aromatic heterocycles. The van der Waals surface area contributed by atoms with Gasteiger partial charge in [-0.3, -0.25) is 4.79 Å². The molecule has 0 atom stereocenters. The van der Waals surface area contributed by atoms with E-state index >= 15 is 0 Å². The van der Waals surface area contributed by atoms with Crippen LogP contribution >= 0.6 is 0 Å². The molecule has 0 aliphatic heterocycles. The highest BCUT2D eigenvalue weighted by atomic mass is 16.6. The van der Waals surface area contributed by atoms with Gasteiger partial charge in [-0.1, -0.05) is 68.4 Å². The Labute approximate surface area is 156 Å². The molecule has 4 heteroatoms. The van der Waals surface area contributed by atoms with Gasteiger partial charge in [-0.25, -0.2) is 0 Å². The number of nitrogens with zero attached hydrogens (tertiary/aromatic N) is 1. The molecule has 0 aliphatic carbocycles. The molecule has 0 spiro atoms. The minimum atomic E-state index is -0.230. The summed E-state index contributed by atoms with van der Waals surface area (Å²) in [7, 11) is 3.04. The highest BCUT2D eigenvalue weighted by molar-refractivity contribution is 6.39. The van der Waals surface area contributed by atoms with Crippen LogP contribution in [0.3, 0.4) is 0 Å². The fourth-order valence-corrected chi connectivity index (χ4v) is 2.79. The highest BCUT2D eigenvalue weighted by Crippen LogP contribution is 2.27. The van der Waals surface area contributed by atoms with Gasteiger partial charge in [0.25, 0.3) is 5.91 Å². The molecule has 1 amide bonds. The number of nitrogens with one attached hydrogen (secondary N) is 1. The first-order valence-corrected chi connectivity index (χ1v) is 8.79. The van der Waals surface area contributed by atoms with Gasteiger partial charge in [-0.05, 0) is 40.2 Å². The Balaban J connectivity index is 2.35. The second kappa shape index (κ2) is 8.17. The molecule has 0 saturated heterocycles. The monoisotopic (exact) mass is 352 g/mol. The van der Waals surface area contributed by atoms with E-state index in [-0.39, 0.29) is 11.3 Å². The predicted molar refractivity (Wildman–Crippen MR) is 108 cm³/mol. The summed E-state index contributed by atoms with van der Waals surface area (Å²) in [6.45, 7) is 8.67. The van der Waals surface area contributed by atoms with Crippen LogP contribution in [0, 0.1) is 6.92 Å². The predicted octanol–water partition coefficient (Wildman–Crippen LogP) is 4.25. The Hall–Kier alpha value is -2.62. The van der Waals surface area contributed by atoms with Gasteiger partial charge in [0.15, 0.2) is 0 Å². The Morgan fingerprint density at radius 2 is 1.69 bits per heavy atom. The molecular formula is C22H28N2O2. The van der Waals surface area contributed by atoms with E-state index < -0.39 is 0 Å². The van der Waals surface area contributed by atoms with Crippen molar-refractivity contribution in [1.29, 1.82) is 0 Å². The standard InChI is InChI=1S/C22H28N2O2/c1-15-7-8-17(16-9-11-19(12-10-16)22(2,3)4)13-18(15)14-20(24-26-6)21(25)23-5/h7-13H,14H2,1-6H3,(H,23,25). The van der Waals surface area contributed by atoms with Crippen LogP contribution in [-0.4, -0.2) is 25.8 Å². The molecular weight excluding hydrogens is 324 g/mol. The van der Waals surface area contributed by atoms with Crippen LogP contribution in [0.1, 0.15) is 37.5 Å². The zero-order valence-electron chi connectivity index (χ0n) is 16.5. The van der Waals surface area contributed by atoms with Gasteiger partial charge in [0.1, 0.15) is 12.8 Å². The van der Waals surface area contributed by atoms with Gasteiger partial charge < -0.3 is 10.2 Å². The summed E-state index contributed by atoms with van der Waals surface area (Å²) in [6.07, 6.45) is 0.424. The van der Waals surface area contributed by atoms with Gasteiger partial charge in [-0.2, -0.15) is 0 Å². The smallest absolute Gasteiger partial charge is 0.269 e. The molecule has 4 nitrogen and oxygen atoms in total. The molecule has 0 heterocycles. The molecule has 0 bridgehead atoms. The lowest BCUT2D eigenvalue weighted by Gasteiger charge is -2.19. The molecule has 138 valence electrons. The van der Waals surface area contributed by atoms with Crippen LogP contribution in [0.2, 0.25) is 0 Å². The van der Waals surface area contributed by atoms with E-state index in [1.165, 1.54) is 12.7 Å². The van der Waals surface area contributed by atoms with E-state index in [2.05, 4.69) is 73.7 Å². The molecule has 0 unspecified atom stereocenters. The zero-order chi connectivity index (χ0) is 19.3. The average molecular weight is 352 g/mol. The highest BCUT2D eigenvalue weighted by Gasteiger charge is 2.15. The SMILES string of the molecule is CNC(=O)C(Cc1cc(-c2ccc(C(C)(C)C)cc2)ccc1C)=NOC. The van der Waals surface area contributed by atoms with Crippen LogP contribution in [0.4, 0.5) is 0 Å². The van der Waals surface area contributed by atoms with Crippen LogP contribution in [-0.2, 0) is 21.5 Å². The Morgan fingerprint density at radius 1 is 1.08 bits per heavy atom. The molecule has 2 aromatic rings. The fraction of sp³-hybridized carbons (Fsp3) is 0.364. The lowest BCUT2D eigenvalue weighted by atomic mass is 9.86. The number of aryl methyl sites for hydroxylation is 1. The largest absolute Gasteiger partial charge is 0.399 e. The number of carbonyl (C=O) groups is 1. The van der Waals surface area contributed by atoms with Gasteiger partial charge >= 0.3 is 0 Å². The summed E-state index contributed by atoms with van der Waals surface area (Å²) in [4.78, 5) is 16.8. The normalized spacial score (nSPS) is 12.0. The van der Waals surface area contributed by atoms with E-state index in [9.17, 15) is 4.79 Å². The third kappa shape index (κ3) is 4.72. The maximum Gasteiger partial charge on any atom is 0.269 e. The molecule has 2 aromatic carbocycles. The summed E-state index contributed by atoms with van der Waals surface area (Å²) in [5.41, 5.74) is 6.26. The van der Waals surface area contributed by atoms with E-state index in [0.29, 0.717) is 12.1 Å². The molecule has 1 N–H and O–H groups in total. The third-order valence-electron chi connectivity index (χ3n) is 4.48. The number of hydrogen-bond donors (Lipinski definition) is 1. The van der Waals surface area contributed by atoms with Crippen LogP contribution < -0.4 is 5.32 Å². The molecule has 0 saturated carbocycles. The first kappa shape index (κ1) is 19.7. The summed E-state index contributed by atoms with van der Waals surface area (Å²) < 4.78 is 0. The van der Waals surface area contributed by atoms with Crippen molar-refractivity contribution in [3.63, 3.8) is 0 Å². The number of oxime groups is 1. The van der Waals surface area contributed by atoms with Crippen molar-refractivity contribution in [1.82, 2.24) is 5.32 Å². The first-order valence-electron chi connectivity index (χ1n) is 8.79. The molecule has 2 rings (SSSR count). The maximum atomic E-state index is 12.0. The number of hydrogen-bond acceptors (Lipinski definition) is 3. The Kier molecular flexibility index (Phi) is 6.19. The number of benzene rings is 2. The molecule has 0 fully saturated rings. The quantitative estimate of drug-likeness (QED) is 0.646. The molecule has 0 radical (unpaired) electrons. The Morgan fingerprint density at radius 3 is 2.23 bits per heavy atom. The van der Waals surface area contributed by atoms with E-state index in [1.54, 1.807) is 7.05 Å². The molecule has 26 heavy (non-hydrogen) atoms. The maximum absolute atomic E-state index is 12.0. The van der Waals surface area contributed by atoms with E-state index in [4.69, 9.17) is 4.84 Å². The number of amides is 1. The van der Waals surface area contributed by atoms with Crippen molar-refractivity contribution < 1.29 is 9.63 Å². The van der Waals surface area contributed by atoms with Gasteiger partial charge in [0.05, 0.1) is 0 Å². The second-order valence-corrected chi connectivity index (χ2v) is 7.45. The third-order valence-corrected chi connectivity index (χ3v) is 4.48. The van der Waals surface area contributed by atoms with Gasteiger partial charge in [-0.15, -0.1) is 0 Å². The van der Waals surface area contributed by atoms with Gasteiger partial charge in [0.2, 0.25) is 0 Å². The minimum Gasteiger partial charge on any atom is -0.399 e. The minimum absolute atomic E-state index is 0.135. The Bertz CT molecular complexity index is 800. The van der Waals surface area contributed by atoms with Crippen molar-refractivity contribution >= 4 is 11.6 Å². The van der Waals surface area contributed by atoms with Crippen molar-refractivity contribution in [3.8, 4) is 11.1 Å². The van der Waals surface area contributed by atoms with Crippen molar-refractivity contribution in [2.24, 2.45) is 5.16 Å². The lowest BCUT2D eigenvalue weighted by molar-refractivity contribution is -0.114. The molecule has 0 aliphatic rings. The van der Waals surface area contributed by atoms with E-state index in [0.717, 1.165) is 22.3 Å². The fourth-order valence-electron chi connectivity index (χ4n) is 2.79. The lowest BCUT2D eigenvalue weighted by Crippen LogP contribution is -2.29. The first-order chi connectivity index (χ1) is 12.3. The van der Waals surface area contributed by atoms with Gasteiger partial charge in [0, 0.05) is 13.5 Å². The summed E-state index contributed by atoms with van der Waals surface area (Å²) in [6, 6.07) is 15.0. The number of rotatable bonds is 5. The van der Waals surface area contributed by atoms with Crippen LogP contribution in [0.25, 0.3) is 11.1 Å². The topological polar surface area (TPSA) is 50.7 Å². The van der Waals surface area contributed by atoms with Crippen LogP contribution in [0.5, 0.6) is 0 Å². The van der Waals surface area contributed by atoms with Crippen LogP contribution in [0.15, 0.2) is 47.6 Å². The zero-order valence-corrected chi connectivity index (χ0v) is 16.5. The average Bonchev–Trinajstić information content (AvgIpc) is 2.61. The summed E-state index contributed by atoms with van der Waals surface area (Å²) in [5, 5.41) is 6.48. The summed E-state index contributed by atoms with van der Waals surface area (Å²) in [5.74, 6) is -0.230. The van der Waals surface area contributed by atoms with E-state index in [1.807, 2.05) is 6.92 Å².